The van der Waals surface area contributed by atoms with Gasteiger partial charge in [0.2, 0.25) is 0 Å². The number of hydrogen-bond acceptors (Lipinski definition) is 2. The second-order valence-electron chi connectivity index (χ2n) is 3.48. The van der Waals surface area contributed by atoms with Crippen LogP contribution in [-0.4, -0.2) is 0 Å². The van der Waals surface area contributed by atoms with Gasteiger partial charge in [0.15, 0.2) is 0 Å². The second-order valence-corrected chi connectivity index (χ2v) is 4.26. The molecule has 0 aliphatic heterocycles. The molecule has 2 rings (SSSR count). The molecule has 15 heavy (non-hydrogen) atoms. The molecular formula is C13H11NS. The molecule has 74 valence electrons. The molecule has 0 N–H and O–H groups in total. The van der Waals surface area contributed by atoms with Crippen LogP contribution in [0.2, 0.25) is 0 Å². The third-order valence-corrected chi connectivity index (χ3v) is 3.21. The Morgan fingerprint density at radius 1 is 1.27 bits per heavy atom. The zero-order valence-electron chi connectivity index (χ0n) is 8.47. The Morgan fingerprint density at radius 3 is 2.67 bits per heavy atom. The fourth-order valence-electron chi connectivity index (χ4n) is 1.67. The van der Waals surface area contributed by atoms with Crippen LogP contribution in [0.15, 0.2) is 41.1 Å². The van der Waals surface area contributed by atoms with E-state index in [9.17, 15) is 5.26 Å². The van der Waals surface area contributed by atoms with Crippen LogP contribution in [0.3, 0.4) is 0 Å². The molecule has 1 heterocycles. The average molecular weight is 213 g/mol. The van der Waals surface area contributed by atoms with E-state index in [4.69, 9.17) is 0 Å². The molecule has 2 aromatic rings. The molecule has 0 saturated carbocycles. The van der Waals surface area contributed by atoms with E-state index >= 15 is 0 Å². The zero-order valence-corrected chi connectivity index (χ0v) is 9.29. The summed E-state index contributed by atoms with van der Waals surface area (Å²) in [6.45, 7) is 2.05. The van der Waals surface area contributed by atoms with E-state index in [2.05, 4.69) is 6.07 Å². The van der Waals surface area contributed by atoms with Gasteiger partial charge in [0, 0.05) is 0 Å². The third kappa shape index (κ3) is 1.93. The largest absolute Gasteiger partial charge is 0.197 e. The van der Waals surface area contributed by atoms with E-state index in [0.29, 0.717) is 0 Å². The van der Waals surface area contributed by atoms with Gasteiger partial charge in [0.25, 0.3) is 0 Å². The lowest BCUT2D eigenvalue weighted by atomic mass is 9.91. The first-order chi connectivity index (χ1) is 7.33. The molecule has 1 aromatic carbocycles. The molecule has 0 bridgehead atoms. The number of rotatable bonds is 2. The van der Waals surface area contributed by atoms with Crippen LogP contribution in [-0.2, 0) is 0 Å². The Kier molecular flexibility index (Phi) is 2.84. The Hall–Kier alpha value is -1.59. The van der Waals surface area contributed by atoms with Gasteiger partial charge in [-0.2, -0.15) is 16.6 Å². The molecule has 0 saturated heterocycles. The van der Waals surface area contributed by atoms with Gasteiger partial charge in [0.1, 0.15) is 0 Å². The van der Waals surface area contributed by atoms with Crippen LogP contribution in [0.4, 0.5) is 0 Å². The van der Waals surface area contributed by atoms with Crippen molar-refractivity contribution >= 4 is 11.3 Å². The Labute approximate surface area is 93.6 Å². The van der Waals surface area contributed by atoms with Crippen molar-refractivity contribution in [1.82, 2.24) is 0 Å². The van der Waals surface area contributed by atoms with E-state index in [-0.39, 0.29) is 5.92 Å². The maximum absolute atomic E-state index is 9.23. The van der Waals surface area contributed by atoms with E-state index in [1.165, 1.54) is 5.56 Å². The Bertz CT molecular complexity index is 479. The van der Waals surface area contributed by atoms with Crippen molar-refractivity contribution in [1.29, 1.82) is 5.26 Å². The molecule has 1 unspecified atom stereocenters. The first-order valence-corrected chi connectivity index (χ1v) is 5.74. The standard InChI is InChI=1S/C13H11NS/c1-10-4-2-3-5-12(10)13(8-14)11-6-7-15-9-11/h2-7,9,13H,1H3. The summed E-state index contributed by atoms with van der Waals surface area (Å²) >= 11 is 1.63. The van der Waals surface area contributed by atoms with Crippen LogP contribution in [0.5, 0.6) is 0 Å². The normalized spacial score (nSPS) is 12.0. The van der Waals surface area contributed by atoms with Crippen LogP contribution in [0.25, 0.3) is 0 Å². The smallest absolute Gasteiger partial charge is 0.0973 e. The number of benzene rings is 1. The minimum Gasteiger partial charge on any atom is -0.197 e. The molecular weight excluding hydrogens is 202 g/mol. The first-order valence-electron chi connectivity index (χ1n) is 4.80. The van der Waals surface area contributed by atoms with Crippen molar-refractivity contribution in [2.45, 2.75) is 12.8 Å². The second kappa shape index (κ2) is 4.29. The highest BCUT2D eigenvalue weighted by Crippen LogP contribution is 2.27. The van der Waals surface area contributed by atoms with E-state index in [0.717, 1.165) is 11.1 Å². The lowest BCUT2D eigenvalue weighted by Gasteiger charge is -2.10. The number of thiophene rings is 1. The highest BCUT2D eigenvalue weighted by atomic mass is 32.1. The van der Waals surface area contributed by atoms with Gasteiger partial charge in [-0.1, -0.05) is 24.3 Å². The summed E-state index contributed by atoms with van der Waals surface area (Å²) in [7, 11) is 0. The summed E-state index contributed by atoms with van der Waals surface area (Å²) in [5, 5.41) is 13.3. The van der Waals surface area contributed by atoms with Gasteiger partial charge in [-0.25, -0.2) is 0 Å². The fourth-order valence-corrected chi connectivity index (χ4v) is 2.36. The summed E-state index contributed by atoms with van der Waals surface area (Å²) in [6, 6.07) is 12.4. The highest BCUT2D eigenvalue weighted by molar-refractivity contribution is 7.08. The lowest BCUT2D eigenvalue weighted by molar-refractivity contribution is 1.03. The molecule has 0 amide bonds. The summed E-state index contributed by atoms with van der Waals surface area (Å²) in [5.74, 6) is -0.127. The van der Waals surface area contributed by atoms with Crippen LogP contribution >= 0.6 is 11.3 Å². The molecule has 0 fully saturated rings. The van der Waals surface area contributed by atoms with Crippen molar-refractivity contribution in [2.24, 2.45) is 0 Å². The van der Waals surface area contributed by atoms with Gasteiger partial charge >= 0.3 is 0 Å². The molecule has 2 heteroatoms. The van der Waals surface area contributed by atoms with Crippen molar-refractivity contribution in [3.63, 3.8) is 0 Å². The number of nitrogens with zero attached hydrogens (tertiary/aromatic N) is 1. The number of nitriles is 1. The van der Waals surface area contributed by atoms with Gasteiger partial charge in [-0.05, 0) is 40.4 Å². The Morgan fingerprint density at radius 2 is 2.07 bits per heavy atom. The monoisotopic (exact) mass is 213 g/mol. The minimum absolute atomic E-state index is 0.127. The average Bonchev–Trinajstić information content (AvgIpc) is 2.75. The summed E-state index contributed by atoms with van der Waals surface area (Å²) in [4.78, 5) is 0. The number of hydrogen-bond donors (Lipinski definition) is 0. The predicted octanol–water partition coefficient (Wildman–Crippen LogP) is 3.71. The predicted molar refractivity (Wildman–Crippen MR) is 63.0 cm³/mol. The first kappa shape index (κ1) is 9.95. The minimum atomic E-state index is -0.127. The van der Waals surface area contributed by atoms with Crippen LogP contribution in [0.1, 0.15) is 22.6 Å². The summed E-state index contributed by atoms with van der Waals surface area (Å²) in [5.41, 5.74) is 3.38. The van der Waals surface area contributed by atoms with Crippen molar-refractivity contribution in [3.8, 4) is 6.07 Å². The maximum atomic E-state index is 9.23. The molecule has 0 radical (unpaired) electrons. The van der Waals surface area contributed by atoms with Gasteiger partial charge in [-0.15, -0.1) is 0 Å². The van der Waals surface area contributed by atoms with E-state index < -0.39 is 0 Å². The molecule has 0 aliphatic carbocycles. The van der Waals surface area contributed by atoms with Gasteiger partial charge < -0.3 is 0 Å². The molecule has 0 spiro atoms. The van der Waals surface area contributed by atoms with E-state index in [1.807, 2.05) is 48.0 Å². The Balaban J connectivity index is 2.46. The SMILES string of the molecule is Cc1ccccc1C(C#N)c1ccsc1. The molecule has 1 atom stereocenters. The summed E-state index contributed by atoms with van der Waals surface area (Å²) in [6.07, 6.45) is 0. The molecule has 1 nitrogen and oxygen atoms in total. The zero-order chi connectivity index (χ0) is 10.7. The van der Waals surface area contributed by atoms with Crippen LogP contribution < -0.4 is 0 Å². The number of aryl methyl sites for hydroxylation is 1. The maximum Gasteiger partial charge on any atom is 0.0973 e. The van der Waals surface area contributed by atoms with Crippen molar-refractivity contribution in [3.05, 3.63) is 57.8 Å². The fraction of sp³-hybridized carbons (Fsp3) is 0.154. The van der Waals surface area contributed by atoms with Gasteiger partial charge in [-0.3, -0.25) is 0 Å². The van der Waals surface area contributed by atoms with Crippen molar-refractivity contribution in [2.75, 3.05) is 0 Å². The molecule has 1 aromatic heterocycles. The quantitative estimate of drug-likeness (QED) is 0.746. The van der Waals surface area contributed by atoms with Crippen molar-refractivity contribution < 1.29 is 0 Å². The lowest BCUT2D eigenvalue weighted by Crippen LogP contribution is -1.98. The summed E-state index contributed by atoms with van der Waals surface area (Å²) < 4.78 is 0. The third-order valence-electron chi connectivity index (χ3n) is 2.51. The molecule has 0 aliphatic rings. The highest BCUT2D eigenvalue weighted by Gasteiger charge is 2.14. The van der Waals surface area contributed by atoms with Crippen LogP contribution in [0, 0.1) is 18.3 Å². The van der Waals surface area contributed by atoms with E-state index in [1.54, 1.807) is 11.3 Å². The van der Waals surface area contributed by atoms with Gasteiger partial charge in [0.05, 0.1) is 12.0 Å². The topological polar surface area (TPSA) is 23.8 Å².